The van der Waals surface area contributed by atoms with Crippen LogP contribution >= 0.6 is 12.4 Å². The number of rotatable bonds is 3. The first-order chi connectivity index (χ1) is 10.6. The predicted octanol–water partition coefficient (Wildman–Crippen LogP) is -0.195. The van der Waals surface area contributed by atoms with E-state index in [9.17, 15) is 9.59 Å². The Labute approximate surface area is 139 Å². The molecule has 0 bridgehead atoms. The monoisotopic (exact) mass is 342 g/mol. The highest BCUT2D eigenvalue weighted by Crippen LogP contribution is 2.22. The Morgan fingerprint density at radius 1 is 1.09 bits per heavy atom. The van der Waals surface area contributed by atoms with Crippen LogP contribution in [0, 0.1) is 0 Å². The lowest BCUT2D eigenvalue weighted by atomic mass is 10.1. The summed E-state index contributed by atoms with van der Waals surface area (Å²) in [7, 11) is 3.13. The predicted molar refractivity (Wildman–Crippen MR) is 92.6 cm³/mol. The third kappa shape index (κ3) is 2.76. The van der Waals surface area contributed by atoms with Crippen LogP contribution < -0.4 is 21.9 Å². The number of fused-ring (bicyclic) bond motifs is 1. The molecule has 1 fully saturated rings. The van der Waals surface area contributed by atoms with E-state index in [0.717, 1.165) is 36.4 Å². The number of hydrogen-bond donors (Lipinski definition) is 1. The van der Waals surface area contributed by atoms with E-state index in [2.05, 4.69) is 9.88 Å². The highest BCUT2D eigenvalue weighted by atomic mass is 35.5. The number of imidazole rings is 1. The molecule has 0 unspecified atom stereocenters. The van der Waals surface area contributed by atoms with Gasteiger partial charge in [0.2, 0.25) is 5.95 Å². The maximum Gasteiger partial charge on any atom is 0.332 e. The fourth-order valence-corrected chi connectivity index (χ4v) is 3.11. The van der Waals surface area contributed by atoms with Gasteiger partial charge in [-0.25, -0.2) is 4.79 Å². The minimum absolute atomic E-state index is 0. The summed E-state index contributed by atoms with van der Waals surface area (Å²) in [6.45, 7) is 2.76. The van der Waals surface area contributed by atoms with Gasteiger partial charge < -0.3 is 15.2 Å². The fraction of sp³-hybridized carbons (Fsp3) is 0.643. The van der Waals surface area contributed by atoms with E-state index in [4.69, 9.17) is 5.73 Å². The molecule has 1 aliphatic heterocycles. The molecule has 3 heterocycles. The smallest absolute Gasteiger partial charge is 0.332 e. The summed E-state index contributed by atoms with van der Waals surface area (Å²) in [4.78, 5) is 31.4. The number of piperidine rings is 1. The number of hydrogen-bond acceptors (Lipinski definition) is 5. The number of nitrogens with two attached hydrogens (primary N) is 1. The Morgan fingerprint density at radius 2 is 1.74 bits per heavy atom. The largest absolute Gasteiger partial charge is 0.342 e. The second-order valence-electron chi connectivity index (χ2n) is 5.78. The lowest BCUT2D eigenvalue weighted by Crippen LogP contribution is -2.38. The lowest BCUT2D eigenvalue weighted by Gasteiger charge is -2.28. The van der Waals surface area contributed by atoms with Crippen LogP contribution in [-0.4, -0.2) is 38.3 Å². The molecule has 0 spiro atoms. The number of aryl methyl sites for hydroxylation is 1. The van der Waals surface area contributed by atoms with Gasteiger partial charge in [0.1, 0.15) is 0 Å². The first kappa shape index (κ1) is 17.6. The Morgan fingerprint density at radius 3 is 2.35 bits per heavy atom. The maximum atomic E-state index is 12.5. The van der Waals surface area contributed by atoms with Crippen LogP contribution in [-0.2, 0) is 20.6 Å². The summed E-state index contributed by atoms with van der Waals surface area (Å²) in [6.07, 6.45) is 3.44. The average molecular weight is 343 g/mol. The van der Waals surface area contributed by atoms with Gasteiger partial charge in [-0.15, -0.1) is 12.4 Å². The van der Waals surface area contributed by atoms with Gasteiger partial charge in [-0.3, -0.25) is 13.9 Å². The summed E-state index contributed by atoms with van der Waals surface area (Å²) in [5.41, 5.74) is 5.93. The van der Waals surface area contributed by atoms with Crippen LogP contribution in [0.3, 0.4) is 0 Å². The summed E-state index contributed by atoms with van der Waals surface area (Å²) in [5.74, 6) is 0.749. The standard InChI is InChI=1S/C14H22N6O2.ClH/c1-17-11-10(12(21)18(2)14(17)22)20(9-6-15)13(16-11)19-7-4-3-5-8-19;/h3-9,15H2,1-2H3;1H. The van der Waals surface area contributed by atoms with E-state index in [1.54, 1.807) is 7.05 Å². The molecule has 0 amide bonds. The van der Waals surface area contributed by atoms with Gasteiger partial charge in [-0.1, -0.05) is 0 Å². The third-order valence-corrected chi connectivity index (χ3v) is 4.32. The summed E-state index contributed by atoms with van der Waals surface area (Å²) >= 11 is 0. The van der Waals surface area contributed by atoms with Gasteiger partial charge in [0, 0.05) is 40.3 Å². The van der Waals surface area contributed by atoms with Crippen molar-refractivity contribution in [1.82, 2.24) is 18.7 Å². The summed E-state index contributed by atoms with van der Waals surface area (Å²) in [6, 6.07) is 0. The van der Waals surface area contributed by atoms with Crippen LogP contribution in [0.25, 0.3) is 11.2 Å². The molecule has 0 saturated carbocycles. The number of nitrogens with zero attached hydrogens (tertiary/aromatic N) is 5. The molecule has 0 aromatic carbocycles. The van der Waals surface area contributed by atoms with E-state index >= 15 is 0 Å². The molecule has 8 nitrogen and oxygen atoms in total. The normalized spacial score (nSPS) is 15.0. The molecule has 3 rings (SSSR count). The summed E-state index contributed by atoms with van der Waals surface area (Å²) < 4.78 is 4.41. The highest BCUT2D eigenvalue weighted by Gasteiger charge is 2.23. The van der Waals surface area contributed by atoms with E-state index in [-0.39, 0.29) is 23.7 Å². The molecule has 1 saturated heterocycles. The Hall–Kier alpha value is -1.80. The van der Waals surface area contributed by atoms with Crippen LogP contribution in [0.1, 0.15) is 19.3 Å². The van der Waals surface area contributed by atoms with Crippen molar-refractivity contribution < 1.29 is 0 Å². The van der Waals surface area contributed by atoms with Crippen LogP contribution in [0.4, 0.5) is 5.95 Å². The topological polar surface area (TPSA) is 91.1 Å². The van der Waals surface area contributed by atoms with E-state index in [1.165, 1.54) is 18.0 Å². The zero-order valence-corrected chi connectivity index (χ0v) is 14.3. The first-order valence-electron chi connectivity index (χ1n) is 7.67. The molecule has 2 aromatic heterocycles. The lowest BCUT2D eigenvalue weighted by molar-refractivity contribution is 0.556. The third-order valence-electron chi connectivity index (χ3n) is 4.32. The van der Waals surface area contributed by atoms with Crippen molar-refractivity contribution in [2.24, 2.45) is 19.8 Å². The second-order valence-corrected chi connectivity index (χ2v) is 5.78. The van der Waals surface area contributed by atoms with Gasteiger partial charge in [0.25, 0.3) is 5.56 Å². The number of aromatic nitrogens is 4. The average Bonchev–Trinajstić information content (AvgIpc) is 2.92. The molecular weight excluding hydrogens is 320 g/mol. The Bertz CT molecular complexity index is 815. The zero-order chi connectivity index (χ0) is 15.9. The molecule has 9 heteroatoms. The van der Waals surface area contributed by atoms with Crippen molar-refractivity contribution >= 4 is 29.5 Å². The quantitative estimate of drug-likeness (QED) is 0.834. The molecule has 0 atom stereocenters. The van der Waals surface area contributed by atoms with Crippen molar-refractivity contribution in [3.63, 3.8) is 0 Å². The molecule has 0 aliphatic carbocycles. The van der Waals surface area contributed by atoms with E-state index in [1.807, 2.05) is 4.57 Å². The van der Waals surface area contributed by atoms with E-state index in [0.29, 0.717) is 24.3 Å². The minimum Gasteiger partial charge on any atom is -0.342 e. The maximum absolute atomic E-state index is 12.5. The molecule has 0 radical (unpaired) electrons. The SMILES string of the molecule is Cl.Cn1c(=O)c2c(nc(N3CCCCC3)n2CCN)n(C)c1=O. The van der Waals surface area contributed by atoms with Crippen molar-refractivity contribution in [2.45, 2.75) is 25.8 Å². The van der Waals surface area contributed by atoms with Crippen molar-refractivity contribution in [2.75, 3.05) is 24.5 Å². The van der Waals surface area contributed by atoms with Gasteiger partial charge >= 0.3 is 5.69 Å². The van der Waals surface area contributed by atoms with Gasteiger partial charge in [0.15, 0.2) is 11.2 Å². The van der Waals surface area contributed by atoms with Crippen molar-refractivity contribution in [1.29, 1.82) is 0 Å². The highest BCUT2D eigenvalue weighted by molar-refractivity contribution is 5.85. The zero-order valence-electron chi connectivity index (χ0n) is 13.5. The van der Waals surface area contributed by atoms with E-state index < -0.39 is 0 Å². The minimum atomic E-state index is -0.361. The Kier molecular flexibility index (Phi) is 5.16. The van der Waals surface area contributed by atoms with Crippen LogP contribution in [0.2, 0.25) is 0 Å². The molecule has 2 N–H and O–H groups in total. The van der Waals surface area contributed by atoms with Crippen LogP contribution in [0.15, 0.2) is 9.59 Å². The molecule has 23 heavy (non-hydrogen) atoms. The fourth-order valence-electron chi connectivity index (χ4n) is 3.11. The Balaban J connectivity index is 0.00000192. The van der Waals surface area contributed by atoms with Crippen molar-refractivity contribution in [3.05, 3.63) is 20.8 Å². The first-order valence-corrected chi connectivity index (χ1v) is 7.67. The van der Waals surface area contributed by atoms with Crippen molar-refractivity contribution in [3.8, 4) is 0 Å². The van der Waals surface area contributed by atoms with Gasteiger partial charge in [0.05, 0.1) is 0 Å². The number of anilines is 1. The van der Waals surface area contributed by atoms with Gasteiger partial charge in [-0.05, 0) is 19.3 Å². The molecule has 2 aromatic rings. The molecule has 128 valence electrons. The second kappa shape index (κ2) is 6.76. The van der Waals surface area contributed by atoms with Crippen LogP contribution in [0.5, 0.6) is 0 Å². The molecular formula is C14H23ClN6O2. The van der Waals surface area contributed by atoms with Gasteiger partial charge in [-0.2, -0.15) is 4.98 Å². The summed E-state index contributed by atoms with van der Waals surface area (Å²) in [5, 5.41) is 0. The number of halogens is 1. The molecule has 1 aliphatic rings.